The Kier molecular flexibility index (Phi) is 4.71. The molecule has 2 aliphatic rings. The van der Waals surface area contributed by atoms with Crippen molar-refractivity contribution in [1.29, 1.82) is 0 Å². The second-order valence-corrected chi connectivity index (χ2v) is 7.15. The molecule has 0 aromatic carbocycles. The summed E-state index contributed by atoms with van der Waals surface area (Å²) in [5.41, 5.74) is 0. The first kappa shape index (κ1) is 17.1. The summed E-state index contributed by atoms with van der Waals surface area (Å²) in [5.74, 6) is 2.30. The first-order valence-corrected chi connectivity index (χ1v) is 9.43. The second-order valence-electron chi connectivity index (χ2n) is 7.15. The van der Waals surface area contributed by atoms with E-state index in [0.29, 0.717) is 12.4 Å². The standard InChI is InChI=1S/C17H25N7O2/c1-3-8-24-11(2)20-21-14(24)10-23-9-4-5-13(23)17-19-15(22-26-17)16(25)18-12-6-7-12/h12-13H,3-10H2,1-2H3,(H,18,25)/t13-/m1/s1. The van der Waals surface area contributed by atoms with E-state index in [1.165, 1.54) is 0 Å². The number of hydrogen-bond donors (Lipinski definition) is 1. The van der Waals surface area contributed by atoms with Crippen LogP contribution in [0.2, 0.25) is 0 Å². The van der Waals surface area contributed by atoms with Crippen molar-refractivity contribution in [2.24, 2.45) is 0 Å². The zero-order valence-corrected chi connectivity index (χ0v) is 15.3. The number of carbonyl (C=O) groups is 1. The first-order chi connectivity index (χ1) is 12.7. The molecule has 1 aliphatic heterocycles. The van der Waals surface area contributed by atoms with Crippen LogP contribution in [0.1, 0.15) is 73.2 Å². The number of aromatic nitrogens is 5. The highest BCUT2D eigenvalue weighted by Crippen LogP contribution is 2.32. The van der Waals surface area contributed by atoms with Crippen LogP contribution in [0.5, 0.6) is 0 Å². The van der Waals surface area contributed by atoms with Gasteiger partial charge in [-0.05, 0) is 45.6 Å². The van der Waals surface area contributed by atoms with Crippen molar-refractivity contribution in [2.45, 2.75) is 71.1 Å². The molecule has 2 fully saturated rings. The molecule has 9 heteroatoms. The van der Waals surface area contributed by atoms with Crippen molar-refractivity contribution < 1.29 is 9.32 Å². The van der Waals surface area contributed by atoms with Gasteiger partial charge in [-0.3, -0.25) is 9.69 Å². The average Bonchev–Trinajstić information content (AvgIpc) is 3.01. The molecule has 0 radical (unpaired) electrons. The van der Waals surface area contributed by atoms with Crippen molar-refractivity contribution in [3.05, 3.63) is 23.4 Å². The molecule has 0 spiro atoms. The van der Waals surface area contributed by atoms with Crippen LogP contribution in [0.25, 0.3) is 0 Å². The van der Waals surface area contributed by atoms with Crippen molar-refractivity contribution in [3.63, 3.8) is 0 Å². The highest BCUT2D eigenvalue weighted by molar-refractivity contribution is 5.90. The highest BCUT2D eigenvalue weighted by atomic mass is 16.5. The van der Waals surface area contributed by atoms with Crippen LogP contribution in [0.15, 0.2) is 4.52 Å². The van der Waals surface area contributed by atoms with Gasteiger partial charge in [-0.25, -0.2) is 0 Å². The molecular formula is C17H25N7O2. The van der Waals surface area contributed by atoms with Gasteiger partial charge in [0.05, 0.1) is 12.6 Å². The molecule has 2 aromatic rings. The Hall–Kier alpha value is -2.29. The molecule has 2 aromatic heterocycles. The van der Waals surface area contributed by atoms with Crippen molar-refractivity contribution >= 4 is 5.91 Å². The Morgan fingerprint density at radius 3 is 2.92 bits per heavy atom. The van der Waals surface area contributed by atoms with Gasteiger partial charge >= 0.3 is 0 Å². The summed E-state index contributed by atoms with van der Waals surface area (Å²) in [6.07, 6.45) is 5.10. The maximum atomic E-state index is 12.1. The molecule has 1 saturated carbocycles. The minimum Gasteiger partial charge on any atom is -0.346 e. The maximum absolute atomic E-state index is 12.1. The summed E-state index contributed by atoms with van der Waals surface area (Å²) in [4.78, 5) is 18.7. The fourth-order valence-electron chi connectivity index (χ4n) is 3.47. The number of amides is 1. The fourth-order valence-corrected chi connectivity index (χ4v) is 3.47. The third kappa shape index (κ3) is 3.48. The Labute approximate surface area is 152 Å². The Morgan fingerprint density at radius 2 is 2.15 bits per heavy atom. The smallest absolute Gasteiger partial charge is 0.292 e. The fraction of sp³-hybridized carbons (Fsp3) is 0.706. The predicted molar refractivity (Wildman–Crippen MR) is 92.2 cm³/mol. The van der Waals surface area contributed by atoms with Gasteiger partial charge in [0.1, 0.15) is 11.6 Å². The minimum atomic E-state index is -0.245. The number of nitrogens with zero attached hydrogens (tertiary/aromatic N) is 6. The van der Waals surface area contributed by atoms with E-state index in [0.717, 1.165) is 56.8 Å². The van der Waals surface area contributed by atoms with Gasteiger partial charge in [-0.2, -0.15) is 4.98 Å². The van der Waals surface area contributed by atoms with Crippen LogP contribution in [-0.4, -0.2) is 48.3 Å². The molecular weight excluding hydrogens is 334 g/mol. The van der Waals surface area contributed by atoms with Gasteiger partial charge < -0.3 is 14.4 Å². The van der Waals surface area contributed by atoms with E-state index < -0.39 is 0 Å². The van der Waals surface area contributed by atoms with Crippen molar-refractivity contribution in [2.75, 3.05) is 6.54 Å². The average molecular weight is 359 g/mol. The lowest BCUT2D eigenvalue weighted by molar-refractivity contribution is 0.0937. The Bertz CT molecular complexity index is 780. The predicted octanol–water partition coefficient (Wildman–Crippen LogP) is 1.61. The molecule has 1 N–H and O–H groups in total. The summed E-state index contributed by atoms with van der Waals surface area (Å²) in [5, 5.41) is 15.3. The van der Waals surface area contributed by atoms with E-state index in [4.69, 9.17) is 4.52 Å². The van der Waals surface area contributed by atoms with E-state index in [2.05, 4.69) is 42.0 Å². The summed E-state index contributed by atoms with van der Waals surface area (Å²) < 4.78 is 7.58. The summed E-state index contributed by atoms with van der Waals surface area (Å²) in [7, 11) is 0. The normalized spacial score (nSPS) is 20.6. The zero-order chi connectivity index (χ0) is 18.1. The van der Waals surface area contributed by atoms with Crippen LogP contribution in [0, 0.1) is 6.92 Å². The highest BCUT2D eigenvalue weighted by Gasteiger charge is 2.33. The molecule has 26 heavy (non-hydrogen) atoms. The van der Waals surface area contributed by atoms with E-state index >= 15 is 0 Å². The van der Waals surface area contributed by atoms with Crippen LogP contribution in [-0.2, 0) is 13.1 Å². The largest absolute Gasteiger partial charge is 0.346 e. The van der Waals surface area contributed by atoms with Gasteiger partial charge in [-0.1, -0.05) is 12.1 Å². The molecule has 0 bridgehead atoms. The van der Waals surface area contributed by atoms with E-state index in [1.807, 2.05) is 6.92 Å². The lowest BCUT2D eigenvalue weighted by Gasteiger charge is -2.21. The number of hydrogen-bond acceptors (Lipinski definition) is 7. The lowest BCUT2D eigenvalue weighted by Crippen LogP contribution is -2.27. The zero-order valence-electron chi connectivity index (χ0n) is 15.3. The van der Waals surface area contributed by atoms with Crippen molar-refractivity contribution in [3.8, 4) is 0 Å². The molecule has 1 aliphatic carbocycles. The summed E-state index contributed by atoms with van der Waals surface area (Å²) >= 11 is 0. The van der Waals surface area contributed by atoms with Crippen molar-refractivity contribution in [1.82, 2.24) is 35.1 Å². The van der Waals surface area contributed by atoms with Gasteiger partial charge in [0.2, 0.25) is 5.89 Å². The maximum Gasteiger partial charge on any atom is 0.292 e. The van der Waals surface area contributed by atoms with Crippen LogP contribution in [0.3, 0.4) is 0 Å². The van der Waals surface area contributed by atoms with Gasteiger partial charge in [0.25, 0.3) is 11.7 Å². The van der Waals surface area contributed by atoms with Gasteiger partial charge in [0.15, 0.2) is 0 Å². The van der Waals surface area contributed by atoms with Gasteiger partial charge in [-0.15, -0.1) is 10.2 Å². The molecule has 140 valence electrons. The molecule has 4 rings (SSSR count). The van der Waals surface area contributed by atoms with E-state index in [9.17, 15) is 4.79 Å². The Morgan fingerprint density at radius 1 is 1.31 bits per heavy atom. The number of likely N-dealkylation sites (tertiary alicyclic amines) is 1. The molecule has 0 unspecified atom stereocenters. The quantitative estimate of drug-likeness (QED) is 0.801. The van der Waals surface area contributed by atoms with Crippen LogP contribution in [0.4, 0.5) is 0 Å². The second kappa shape index (κ2) is 7.14. The first-order valence-electron chi connectivity index (χ1n) is 9.43. The number of rotatable bonds is 7. The number of aryl methyl sites for hydroxylation is 1. The summed E-state index contributed by atoms with van der Waals surface area (Å²) in [6, 6.07) is 0.303. The number of nitrogens with one attached hydrogen (secondary N) is 1. The van der Waals surface area contributed by atoms with E-state index in [1.54, 1.807) is 0 Å². The van der Waals surface area contributed by atoms with Gasteiger partial charge in [0, 0.05) is 12.6 Å². The lowest BCUT2D eigenvalue weighted by atomic mass is 10.2. The third-order valence-electron chi connectivity index (χ3n) is 5.01. The van der Waals surface area contributed by atoms with Crippen LogP contribution >= 0.6 is 0 Å². The topological polar surface area (TPSA) is 102 Å². The minimum absolute atomic E-state index is 0.0251. The molecule has 3 heterocycles. The molecule has 1 saturated heterocycles. The third-order valence-corrected chi connectivity index (χ3v) is 5.01. The molecule has 1 atom stereocenters. The summed E-state index contributed by atoms with van der Waals surface area (Å²) in [6.45, 7) is 6.68. The number of carbonyl (C=O) groups excluding carboxylic acids is 1. The molecule has 9 nitrogen and oxygen atoms in total. The molecule has 1 amide bonds. The van der Waals surface area contributed by atoms with E-state index in [-0.39, 0.29) is 23.8 Å². The Balaban J connectivity index is 1.46. The SMILES string of the molecule is CCCn1c(C)nnc1CN1CCC[C@@H]1c1nc(C(=O)NC2CC2)no1. The monoisotopic (exact) mass is 359 g/mol. The van der Waals surface area contributed by atoms with Crippen LogP contribution < -0.4 is 5.32 Å².